The molecule has 2 heterocycles. The molecule has 18 heavy (non-hydrogen) atoms. The molecule has 6 heteroatoms. The zero-order chi connectivity index (χ0) is 13.0. The Morgan fingerprint density at radius 1 is 1.56 bits per heavy atom. The Hall–Kier alpha value is -0.530. The molecule has 1 fully saturated rings. The molecule has 1 aromatic rings. The lowest BCUT2D eigenvalue weighted by Gasteiger charge is -2.33. The van der Waals surface area contributed by atoms with Crippen molar-refractivity contribution in [2.75, 3.05) is 33.7 Å². The van der Waals surface area contributed by atoms with Gasteiger partial charge in [0.25, 0.3) is 0 Å². The fourth-order valence-electron chi connectivity index (χ4n) is 2.59. The van der Waals surface area contributed by atoms with Crippen molar-refractivity contribution in [2.45, 2.75) is 24.9 Å². The summed E-state index contributed by atoms with van der Waals surface area (Å²) < 4.78 is 0. The highest BCUT2D eigenvalue weighted by molar-refractivity contribution is 7.09. The maximum absolute atomic E-state index is 5.76. The topological polar surface area (TPSA) is 57.4 Å². The Morgan fingerprint density at radius 2 is 2.39 bits per heavy atom. The Balaban J connectivity index is 2.04. The van der Waals surface area contributed by atoms with E-state index in [9.17, 15) is 0 Å². The van der Waals surface area contributed by atoms with Crippen LogP contribution >= 0.6 is 11.3 Å². The third kappa shape index (κ3) is 3.49. The van der Waals surface area contributed by atoms with E-state index in [2.05, 4.69) is 34.3 Å². The van der Waals surface area contributed by atoms with Crippen LogP contribution in [0.5, 0.6) is 0 Å². The van der Waals surface area contributed by atoms with Crippen LogP contribution in [0.2, 0.25) is 0 Å². The summed E-state index contributed by atoms with van der Waals surface area (Å²) >= 11 is 1.70. The number of nitrogens with two attached hydrogens (primary N) is 1. The van der Waals surface area contributed by atoms with Gasteiger partial charge >= 0.3 is 0 Å². The summed E-state index contributed by atoms with van der Waals surface area (Å²) in [7, 11) is 4.37. The van der Waals surface area contributed by atoms with Crippen molar-refractivity contribution in [1.29, 1.82) is 0 Å². The monoisotopic (exact) mass is 269 g/mol. The Morgan fingerprint density at radius 3 is 3.06 bits per heavy atom. The number of hydrazine groups is 1. The van der Waals surface area contributed by atoms with E-state index in [1.807, 2.05) is 11.6 Å². The summed E-state index contributed by atoms with van der Waals surface area (Å²) in [5.74, 6) is 5.76. The first-order valence-corrected chi connectivity index (χ1v) is 7.32. The molecule has 0 spiro atoms. The maximum atomic E-state index is 5.76. The lowest BCUT2D eigenvalue weighted by atomic mass is 10.0. The van der Waals surface area contributed by atoms with Gasteiger partial charge in [-0.25, -0.2) is 4.98 Å². The minimum absolute atomic E-state index is 0.252. The Labute approximate surface area is 113 Å². The Bertz CT molecular complexity index is 342. The number of hydrogen-bond acceptors (Lipinski definition) is 6. The van der Waals surface area contributed by atoms with Crippen LogP contribution in [-0.4, -0.2) is 60.6 Å². The van der Waals surface area contributed by atoms with Gasteiger partial charge in [0.05, 0.1) is 5.01 Å². The molecule has 5 nitrogen and oxygen atoms in total. The summed E-state index contributed by atoms with van der Waals surface area (Å²) in [6, 6.07) is 0.688. The summed E-state index contributed by atoms with van der Waals surface area (Å²) in [6.07, 6.45) is 3.98. The third-order valence-electron chi connectivity index (χ3n) is 3.67. The van der Waals surface area contributed by atoms with Crippen LogP contribution in [0.4, 0.5) is 0 Å². The van der Waals surface area contributed by atoms with E-state index >= 15 is 0 Å². The molecule has 2 unspecified atom stereocenters. The molecule has 2 atom stereocenters. The van der Waals surface area contributed by atoms with Crippen molar-refractivity contribution in [3.8, 4) is 0 Å². The summed E-state index contributed by atoms with van der Waals surface area (Å²) in [5, 5.41) is 3.17. The zero-order valence-corrected chi connectivity index (χ0v) is 12.0. The largest absolute Gasteiger partial charge is 0.305 e. The maximum Gasteiger partial charge on any atom is 0.0941 e. The van der Waals surface area contributed by atoms with E-state index in [-0.39, 0.29) is 6.04 Å². The van der Waals surface area contributed by atoms with Gasteiger partial charge in [0.2, 0.25) is 0 Å². The van der Waals surface area contributed by atoms with Crippen LogP contribution in [0.15, 0.2) is 11.6 Å². The average Bonchev–Trinajstić information content (AvgIpc) is 2.80. The third-order valence-corrected chi connectivity index (χ3v) is 4.47. The predicted molar refractivity (Wildman–Crippen MR) is 75.5 cm³/mol. The second-order valence-electron chi connectivity index (χ2n) is 5.07. The number of nitrogens with zero attached hydrogens (tertiary/aromatic N) is 3. The average molecular weight is 269 g/mol. The summed E-state index contributed by atoms with van der Waals surface area (Å²) in [6.45, 7) is 3.34. The van der Waals surface area contributed by atoms with E-state index in [1.165, 1.54) is 6.42 Å². The summed E-state index contributed by atoms with van der Waals surface area (Å²) in [5.41, 5.74) is 2.99. The molecule has 2 rings (SSSR count). The van der Waals surface area contributed by atoms with E-state index in [4.69, 9.17) is 5.84 Å². The quantitative estimate of drug-likeness (QED) is 0.602. The van der Waals surface area contributed by atoms with Gasteiger partial charge in [-0.3, -0.25) is 11.3 Å². The predicted octanol–water partition coefficient (Wildman–Crippen LogP) is 0.153. The van der Waals surface area contributed by atoms with Crippen molar-refractivity contribution in [3.63, 3.8) is 0 Å². The van der Waals surface area contributed by atoms with Crippen LogP contribution in [-0.2, 0) is 6.42 Å². The van der Waals surface area contributed by atoms with Crippen LogP contribution in [0, 0.1) is 0 Å². The number of rotatable bonds is 4. The normalized spacial score (nSPS) is 24.9. The molecular formula is C12H23N5S. The minimum Gasteiger partial charge on any atom is -0.305 e. The molecule has 3 N–H and O–H groups in total. The van der Waals surface area contributed by atoms with Gasteiger partial charge in [0.1, 0.15) is 0 Å². The minimum atomic E-state index is 0.252. The molecule has 0 saturated carbocycles. The standard InChI is InChI=1S/C12H23N5S/c1-16-5-3-6-17(2)11(9-16)10(15-13)8-12-14-4-7-18-12/h4,7,10-11,15H,3,5-6,8-9,13H2,1-2H3. The molecule has 1 aliphatic heterocycles. The van der Waals surface area contributed by atoms with Crippen LogP contribution < -0.4 is 11.3 Å². The van der Waals surface area contributed by atoms with Crippen molar-refractivity contribution in [2.24, 2.45) is 5.84 Å². The first-order valence-electron chi connectivity index (χ1n) is 6.44. The number of likely N-dealkylation sites (N-methyl/N-ethyl adjacent to an activating group) is 2. The van der Waals surface area contributed by atoms with E-state index in [1.54, 1.807) is 11.3 Å². The first-order chi connectivity index (χ1) is 8.70. The fourth-order valence-corrected chi connectivity index (χ4v) is 3.26. The Kier molecular flexibility index (Phi) is 5.08. The van der Waals surface area contributed by atoms with Crippen molar-refractivity contribution in [3.05, 3.63) is 16.6 Å². The zero-order valence-electron chi connectivity index (χ0n) is 11.2. The SMILES string of the molecule is CN1CCCN(C)C(C(Cc2nccs2)NN)C1. The molecule has 0 amide bonds. The highest BCUT2D eigenvalue weighted by Gasteiger charge is 2.28. The van der Waals surface area contributed by atoms with E-state index in [0.29, 0.717) is 6.04 Å². The van der Waals surface area contributed by atoms with Gasteiger partial charge in [0, 0.05) is 36.6 Å². The van der Waals surface area contributed by atoms with Gasteiger partial charge in [-0.05, 0) is 33.6 Å². The first kappa shape index (κ1) is 13.9. The van der Waals surface area contributed by atoms with Crippen molar-refractivity contribution in [1.82, 2.24) is 20.2 Å². The molecule has 0 bridgehead atoms. The van der Waals surface area contributed by atoms with Gasteiger partial charge in [-0.15, -0.1) is 11.3 Å². The number of nitrogens with one attached hydrogen (secondary N) is 1. The second-order valence-corrected chi connectivity index (χ2v) is 6.05. The fraction of sp³-hybridized carbons (Fsp3) is 0.750. The van der Waals surface area contributed by atoms with Gasteiger partial charge in [-0.2, -0.15) is 0 Å². The lowest BCUT2D eigenvalue weighted by molar-refractivity contribution is 0.177. The molecule has 1 aliphatic rings. The van der Waals surface area contributed by atoms with Gasteiger partial charge < -0.3 is 9.80 Å². The van der Waals surface area contributed by atoms with Gasteiger partial charge in [0.15, 0.2) is 0 Å². The second kappa shape index (κ2) is 6.58. The molecule has 0 aliphatic carbocycles. The van der Waals surface area contributed by atoms with Crippen molar-refractivity contribution >= 4 is 11.3 Å². The highest BCUT2D eigenvalue weighted by Crippen LogP contribution is 2.15. The number of hydrogen-bond donors (Lipinski definition) is 2. The smallest absolute Gasteiger partial charge is 0.0941 e. The summed E-state index contributed by atoms with van der Waals surface area (Å²) in [4.78, 5) is 9.16. The lowest BCUT2D eigenvalue weighted by Crippen LogP contribution is -2.55. The number of aromatic nitrogens is 1. The van der Waals surface area contributed by atoms with E-state index < -0.39 is 0 Å². The van der Waals surface area contributed by atoms with Crippen LogP contribution in [0.3, 0.4) is 0 Å². The highest BCUT2D eigenvalue weighted by atomic mass is 32.1. The van der Waals surface area contributed by atoms with Crippen LogP contribution in [0.25, 0.3) is 0 Å². The van der Waals surface area contributed by atoms with E-state index in [0.717, 1.165) is 31.1 Å². The molecule has 1 saturated heterocycles. The molecule has 0 aromatic carbocycles. The molecular weight excluding hydrogens is 246 g/mol. The van der Waals surface area contributed by atoms with Gasteiger partial charge in [-0.1, -0.05) is 0 Å². The molecule has 102 valence electrons. The number of thiazole rings is 1. The molecule has 1 aromatic heterocycles. The van der Waals surface area contributed by atoms with Crippen molar-refractivity contribution < 1.29 is 0 Å². The van der Waals surface area contributed by atoms with Crippen LogP contribution in [0.1, 0.15) is 11.4 Å². The molecule has 0 radical (unpaired) electrons.